The van der Waals surface area contributed by atoms with Crippen LogP contribution in [0.25, 0.3) is 0 Å². The lowest BCUT2D eigenvalue weighted by atomic mass is 10.0. The number of rotatable bonds is 5. The number of pyridine rings is 1. The van der Waals surface area contributed by atoms with Gasteiger partial charge in [0.05, 0.1) is 0 Å². The third kappa shape index (κ3) is 3.13. The average molecular weight is 220 g/mol. The van der Waals surface area contributed by atoms with Crippen LogP contribution in [-0.4, -0.2) is 10.1 Å². The van der Waals surface area contributed by atoms with E-state index < -0.39 is 5.56 Å². The van der Waals surface area contributed by atoms with Gasteiger partial charge in [-0.1, -0.05) is 26.2 Å². The molecular weight excluding hydrogens is 204 g/mol. The number of unbranched alkanes of at least 4 members (excludes halogenated alkanes) is 3. The van der Waals surface area contributed by atoms with E-state index in [0.29, 0.717) is 12.0 Å². The van der Waals surface area contributed by atoms with Gasteiger partial charge in [-0.05, 0) is 18.4 Å². The molecule has 16 heavy (non-hydrogen) atoms. The second-order valence-electron chi connectivity index (χ2n) is 3.81. The first-order valence-corrected chi connectivity index (χ1v) is 5.54. The van der Waals surface area contributed by atoms with Crippen LogP contribution in [0.5, 0.6) is 5.88 Å². The van der Waals surface area contributed by atoms with E-state index in [4.69, 9.17) is 5.26 Å². The Morgan fingerprint density at radius 3 is 2.81 bits per heavy atom. The summed E-state index contributed by atoms with van der Waals surface area (Å²) in [5.74, 6) is -0.172. The van der Waals surface area contributed by atoms with Crippen LogP contribution in [0, 0.1) is 11.3 Å². The standard InChI is InChI=1S/C12H16N2O2/c1-2-3-4-5-6-9-7-11(15)14-12(16)10(9)8-13/h7H,2-6H2,1H3,(H2,14,15,16). The van der Waals surface area contributed by atoms with Crippen LogP contribution < -0.4 is 5.56 Å². The fourth-order valence-corrected chi connectivity index (χ4v) is 1.66. The van der Waals surface area contributed by atoms with E-state index in [1.165, 1.54) is 6.07 Å². The Bertz CT molecular complexity index is 443. The Morgan fingerprint density at radius 1 is 1.44 bits per heavy atom. The minimum absolute atomic E-state index is 0.120. The lowest BCUT2D eigenvalue weighted by Gasteiger charge is -2.03. The Hall–Kier alpha value is -1.76. The molecule has 1 aromatic heterocycles. The van der Waals surface area contributed by atoms with Crippen molar-refractivity contribution < 1.29 is 5.11 Å². The van der Waals surface area contributed by atoms with Crippen LogP contribution in [0.3, 0.4) is 0 Å². The van der Waals surface area contributed by atoms with E-state index in [-0.39, 0.29) is 11.4 Å². The predicted octanol–water partition coefficient (Wildman–Crippen LogP) is 2.07. The van der Waals surface area contributed by atoms with E-state index in [1.807, 2.05) is 6.07 Å². The van der Waals surface area contributed by atoms with Crippen molar-refractivity contribution in [1.29, 1.82) is 5.26 Å². The summed E-state index contributed by atoms with van der Waals surface area (Å²) < 4.78 is 0. The van der Waals surface area contributed by atoms with Gasteiger partial charge in [0, 0.05) is 6.07 Å². The van der Waals surface area contributed by atoms with Crippen LogP contribution in [0.15, 0.2) is 10.9 Å². The van der Waals surface area contributed by atoms with Crippen LogP contribution in [0.1, 0.15) is 43.7 Å². The molecule has 0 aliphatic heterocycles. The summed E-state index contributed by atoms with van der Waals surface area (Å²) in [5.41, 5.74) is 0.252. The van der Waals surface area contributed by atoms with Gasteiger partial charge in [-0.15, -0.1) is 0 Å². The number of nitrogens with one attached hydrogen (secondary N) is 1. The fraction of sp³-hybridized carbons (Fsp3) is 0.500. The van der Waals surface area contributed by atoms with Crippen molar-refractivity contribution in [2.45, 2.75) is 39.0 Å². The fourth-order valence-electron chi connectivity index (χ4n) is 1.66. The molecule has 1 rings (SSSR count). The number of aryl methyl sites for hydroxylation is 1. The molecule has 1 aromatic rings. The first-order chi connectivity index (χ1) is 7.69. The highest BCUT2D eigenvalue weighted by Crippen LogP contribution is 2.13. The second-order valence-corrected chi connectivity index (χ2v) is 3.81. The van der Waals surface area contributed by atoms with Gasteiger partial charge in [-0.3, -0.25) is 9.78 Å². The summed E-state index contributed by atoms with van der Waals surface area (Å²) in [4.78, 5) is 13.6. The maximum atomic E-state index is 11.3. The van der Waals surface area contributed by atoms with Gasteiger partial charge in [-0.2, -0.15) is 5.26 Å². The molecule has 0 spiro atoms. The molecule has 0 unspecified atom stereocenters. The zero-order chi connectivity index (χ0) is 12.0. The number of hydrogen-bond donors (Lipinski definition) is 2. The van der Waals surface area contributed by atoms with Gasteiger partial charge in [0.1, 0.15) is 11.6 Å². The summed E-state index contributed by atoms with van der Waals surface area (Å²) in [7, 11) is 0. The molecule has 0 fully saturated rings. The van der Waals surface area contributed by atoms with Crippen LogP contribution >= 0.6 is 0 Å². The van der Waals surface area contributed by atoms with Gasteiger partial charge in [0.15, 0.2) is 5.88 Å². The molecule has 4 nitrogen and oxygen atoms in total. The highest BCUT2D eigenvalue weighted by molar-refractivity contribution is 5.37. The number of aromatic amines is 1. The molecule has 0 aliphatic rings. The normalized spacial score (nSPS) is 10.0. The Labute approximate surface area is 94.6 Å². The molecule has 0 bridgehead atoms. The molecular formula is C12H16N2O2. The summed E-state index contributed by atoms with van der Waals surface area (Å²) in [6, 6.07) is 3.34. The van der Waals surface area contributed by atoms with E-state index in [9.17, 15) is 9.90 Å². The summed E-state index contributed by atoms with van der Waals surface area (Å²) in [5, 5.41) is 18.1. The predicted molar refractivity (Wildman–Crippen MR) is 61.3 cm³/mol. The van der Waals surface area contributed by atoms with Crippen molar-refractivity contribution in [1.82, 2.24) is 4.98 Å². The first-order valence-electron chi connectivity index (χ1n) is 5.54. The molecule has 0 aromatic carbocycles. The second kappa shape index (κ2) is 5.96. The lowest BCUT2D eigenvalue weighted by molar-refractivity contribution is 0.450. The Balaban J connectivity index is 2.79. The van der Waals surface area contributed by atoms with Crippen molar-refractivity contribution in [3.63, 3.8) is 0 Å². The SMILES string of the molecule is CCCCCCc1cc(O)[nH]c(=O)c1C#N. The quantitative estimate of drug-likeness (QED) is 0.746. The van der Waals surface area contributed by atoms with E-state index in [0.717, 1.165) is 25.7 Å². The number of aromatic hydroxyl groups is 1. The summed E-state index contributed by atoms with van der Waals surface area (Å²) in [6.07, 6.45) is 4.98. The Kier molecular flexibility index (Phi) is 4.59. The molecule has 0 saturated heterocycles. The van der Waals surface area contributed by atoms with Gasteiger partial charge >= 0.3 is 0 Å². The van der Waals surface area contributed by atoms with Gasteiger partial charge in [-0.25, -0.2) is 0 Å². The number of aromatic nitrogens is 1. The van der Waals surface area contributed by atoms with E-state index in [2.05, 4.69) is 11.9 Å². The summed E-state index contributed by atoms with van der Waals surface area (Å²) >= 11 is 0. The van der Waals surface area contributed by atoms with Gasteiger partial charge < -0.3 is 5.11 Å². The van der Waals surface area contributed by atoms with E-state index in [1.54, 1.807) is 0 Å². The minimum Gasteiger partial charge on any atom is -0.495 e. The third-order valence-electron chi connectivity index (χ3n) is 2.51. The molecule has 2 N–H and O–H groups in total. The van der Waals surface area contributed by atoms with Crippen molar-refractivity contribution in [3.8, 4) is 11.9 Å². The van der Waals surface area contributed by atoms with Crippen LogP contribution in [-0.2, 0) is 6.42 Å². The largest absolute Gasteiger partial charge is 0.495 e. The molecule has 4 heteroatoms. The summed E-state index contributed by atoms with van der Waals surface area (Å²) in [6.45, 7) is 2.12. The maximum absolute atomic E-state index is 11.3. The zero-order valence-electron chi connectivity index (χ0n) is 9.42. The molecule has 0 aliphatic carbocycles. The topological polar surface area (TPSA) is 76.9 Å². The smallest absolute Gasteiger partial charge is 0.268 e. The minimum atomic E-state index is -0.506. The molecule has 0 atom stereocenters. The number of nitrogens with zero attached hydrogens (tertiary/aromatic N) is 1. The molecule has 0 radical (unpaired) electrons. The molecule has 1 heterocycles. The first kappa shape index (κ1) is 12.3. The lowest BCUT2D eigenvalue weighted by Crippen LogP contribution is -2.12. The third-order valence-corrected chi connectivity index (χ3v) is 2.51. The zero-order valence-corrected chi connectivity index (χ0v) is 9.42. The van der Waals surface area contributed by atoms with Crippen molar-refractivity contribution in [3.05, 3.63) is 27.5 Å². The number of hydrogen-bond acceptors (Lipinski definition) is 3. The van der Waals surface area contributed by atoms with Crippen LogP contribution in [0.4, 0.5) is 0 Å². The Morgan fingerprint density at radius 2 is 2.19 bits per heavy atom. The molecule has 0 saturated carbocycles. The van der Waals surface area contributed by atoms with Crippen LogP contribution in [0.2, 0.25) is 0 Å². The number of nitriles is 1. The average Bonchev–Trinajstić information content (AvgIpc) is 2.24. The maximum Gasteiger partial charge on any atom is 0.268 e. The van der Waals surface area contributed by atoms with Crippen molar-refractivity contribution in [2.75, 3.05) is 0 Å². The number of H-pyrrole nitrogens is 1. The monoisotopic (exact) mass is 220 g/mol. The van der Waals surface area contributed by atoms with Gasteiger partial charge in [0.25, 0.3) is 5.56 Å². The van der Waals surface area contributed by atoms with E-state index >= 15 is 0 Å². The van der Waals surface area contributed by atoms with Gasteiger partial charge in [0.2, 0.25) is 0 Å². The van der Waals surface area contributed by atoms with Crippen molar-refractivity contribution >= 4 is 0 Å². The highest BCUT2D eigenvalue weighted by Gasteiger charge is 2.08. The molecule has 86 valence electrons. The molecule has 0 amide bonds. The van der Waals surface area contributed by atoms with Crippen molar-refractivity contribution in [2.24, 2.45) is 0 Å². The highest BCUT2D eigenvalue weighted by atomic mass is 16.3.